The van der Waals surface area contributed by atoms with Gasteiger partial charge in [-0.3, -0.25) is 0 Å². The SMILES string of the molecule is Cc1ccccc1CNc1ccccc1N. The van der Waals surface area contributed by atoms with Crippen LogP contribution in [0.15, 0.2) is 48.5 Å². The maximum Gasteiger partial charge on any atom is 0.0576 e. The zero-order valence-corrected chi connectivity index (χ0v) is 9.40. The Bertz CT molecular complexity index is 432. The number of rotatable bonds is 3. The first kappa shape index (κ1) is 10.6. The monoisotopic (exact) mass is 212 g/mol. The highest BCUT2D eigenvalue weighted by molar-refractivity contribution is 5.65. The van der Waals surface area contributed by atoms with Gasteiger partial charge < -0.3 is 11.1 Å². The van der Waals surface area contributed by atoms with Crippen LogP contribution in [0.3, 0.4) is 0 Å². The van der Waals surface area contributed by atoms with Gasteiger partial charge in [-0.2, -0.15) is 0 Å². The van der Waals surface area contributed by atoms with Crippen molar-refractivity contribution >= 4 is 11.4 Å². The summed E-state index contributed by atoms with van der Waals surface area (Å²) in [6.45, 7) is 2.92. The van der Waals surface area contributed by atoms with Crippen LogP contribution in [0.2, 0.25) is 0 Å². The summed E-state index contributed by atoms with van der Waals surface area (Å²) in [4.78, 5) is 0. The Labute approximate surface area is 96.1 Å². The molecule has 82 valence electrons. The highest BCUT2D eigenvalue weighted by Crippen LogP contribution is 2.18. The van der Waals surface area contributed by atoms with Crippen LogP contribution in [0.25, 0.3) is 0 Å². The van der Waals surface area contributed by atoms with E-state index in [0.717, 1.165) is 17.9 Å². The van der Waals surface area contributed by atoms with Gasteiger partial charge in [0.1, 0.15) is 0 Å². The number of nitrogens with one attached hydrogen (secondary N) is 1. The molecule has 0 bridgehead atoms. The van der Waals surface area contributed by atoms with Gasteiger partial charge in [-0.05, 0) is 30.2 Å². The number of benzene rings is 2. The first-order valence-corrected chi connectivity index (χ1v) is 5.40. The number of hydrogen-bond donors (Lipinski definition) is 2. The molecular weight excluding hydrogens is 196 g/mol. The summed E-state index contributed by atoms with van der Waals surface area (Å²) in [7, 11) is 0. The standard InChI is InChI=1S/C14H16N2/c1-11-6-2-3-7-12(11)10-16-14-9-5-4-8-13(14)15/h2-9,16H,10,15H2,1H3. The molecule has 0 aliphatic carbocycles. The van der Waals surface area contributed by atoms with Crippen LogP contribution in [0.4, 0.5) is 11.4 Å². The van der Waals surface area contributed by atoms with E-state index in [1.165, 1.54) is 11.1 Å². The molecule has 0 saturated heterocycles. The van der Waals surface area contributed by atoms with Crippen molar-refractivity contribution in [2.45, 2.75) is 13.5 Å². The Morgan fingerprint density at radius 3 is 2.44 bits per heavy atom. The maximum absolute atomic E-state index is 5.86. The van der Waals surface area contributed by atoms with Crippen molar-refractivity contribution in [3.63, 3.8) is 0 Å². The van der Waals surface area contributed by atoms with E-state index in [1.807, 2.05) is 24.3 Å². The number of para-hydroxylation sites is 2. The summed E-state index contributed by atoms with van der Waals surface area (Å²) in [5.74, 6) is 0. The molecule has 0 fully saturated rings. The summed E-state index contributed by atoms with van der Waals surface area (Å²) in [6.07, 6.45) is 0. The molecule has 2 rings (SSSR count). The lowest BCUT2D eigenvalue weighted by Crippen LogP contribution is -2.03. The fourth-order valence-electron chi connectivity index (χ4n) is 1.66. The molecule has 2 aromatic carbocycles. The second-order valence-electron chi connectivity index (χ2n) is 3.87. The lowest BCUT2D eigenvalue weighted by atomic mass is 10.1. The van der Waals surface area contributed by atoms with Crippen LogP contribution in [0, 0.1) is 6.92 Å². The van der Waals surface area contributed by atoms with Crippen LogP contribution < -0.4 is 11.1 Å². The largest absolute Gasteiger partial charge is 0.397 e. The molecule has 0 saturated carbocycles. The van der Waals surface area contributed by atoms with Gasteiger partial charge >= 0.3 is 0 Å². The number of nitrogens with two attached hydrogens (primary N) is 1. The normalized spacial score (nSPS) is 10.1. The Kier molecular flexibility index (Phi) is 3.10. The third-order valence-corrected chi connectivity index (χ3v) is 2.69. The van der Waals surface area contributed by atoms with Crippen molar-refractivity contribution in [1.82, 2.24) is 0 Å². The molecule has 0 amide bonds. The average molecular weight is 212 g/mol. The summed E-state index contributed by atoms with van der Waals surface area (Å²) < 4.78 is 0. The zero-order valence-electron chi connectivity index (χ0n) is 9.40. The van der Waals surface area contributed by atoms with E-state index in [4.69, 9.17) is 5.73 Å². The minimum atomic E-state index is 0.788. The predicted molar refractivity (Wildman–Crippen MR) is 69.4 cm³/mol. The Morgan fingerprint density at radius 2 is 1.69 bits per heavy atom. The van der Waals surface area contributed by atoms with Gasteiger partial charge in [-0.1, -0.05) is 36.4 Å². The summed E-state index contributed by atoms with van der Waals surface area (Å²) in [5, 5.41) is 3.35. The highest BCUT2D eigenvalue weighted by atomic mass is 14.9. The molecule has 16 heavy (non-hydrogen) atoms. The molecule has 2 nitrogen and oxygen atoms in total. The minimum Gasteiger partial charge on any atom is -0.397 e. The van der Waals surface area contributed by atoms with Gasteiger partial charge in [0.05, 0.1) is 11.4 Å². The third-order valence-electron chi connectivity index (χ3n) is 2.69. The first-order chi connectivity index (χ1) is 7.77. The molecule has 0 aliphatic heterocycles. The van der Waals surface area contributed by atoms with E-state index < -0.39 is 0 Å². The van der Waals surface area contributed by atoms with E-state index >= 15 is 0 Å². The van der Waals surface area contributed by atoms with Gasteiger partial charge in [-0.25, -0.2) is 0 Å². The maximum atomic E-state index is 5.86. The Balaban J connectivity index is 2.09. The van der Waals surface area contributed by atoms with Crippen LogP contribution in [-0.4, -0.2) is 0 Å². The molecular formula is C14H16N2. The van der Waals surface area contributed by atoms with Gasteiger partial charge in [0.2, 0.25) is 0 Å². The Morgan fingerprint density at radius 1 is 1.00 bits per heavy atom. The van der Waals surface area contributed by atoms with Crippen LogP contribution in [0.5, 0.6) is 0 Å². The van der Waals surface area contributed by atoms with Gasteiger partial charge in [0, 0.05) is 6.54 Å². The van der Waals surface area contributed by atoms with Gasteiger partial charge in [0.15, 0.2) is 0 Å². The third kappa shape index (κ3) is 2.34. The molecule has 2 heteroatoms. The number of aryl methyl sites for hydroxylation is 1. The lowest BCUT2D eigenvalue weighted by Gasteiger charge is -2.10. The molecule has 0 spiro atoms. The van der Waals surface area contributed by atoms with Gasteiger partial charge in [0.25, 0.3) is 0 Å². The zero-order chi connectivity index (χ0) is 11.4. The Hall–Kier alpha value is -1.96. The van der Waals surface area contributed by atoms with Crippen molar-refractivity contribution in [2.24, 2.45) is 0 Å². The fraction of sp³-hybridized carbons (Fsp3) is 0.143. The number of nitrogen functional groups attached to an aromatic ring is 1. The van der Waals surface area contributed by atoms with Crippen molar-refractivity contribution in [3.05, 3.63) is 59.7 Å². The van der Waals surface area contributed by atoms with Crippen LogP contribution >= 0.6 is 0 Å². The molecule has 0 aliphatic rings. The number of hydrogen-bond acceptors (Lipinski definition) is 2. The minimum absolute atomic E-state index is 0.788. The van der Waals surface area contributed by atoms with Gasteiger partial charge in [-0.15, -0.1) is 0 Å². The smallest absolute Gasteiger partial charge is 0.0576 e. The highest BCUT2D eigenvalue weighted by Gasteiger charge is 1.99. The van der Waals surface area contributed by atoms with Crippen molar-refractivity contribution in [3.8, 4) is 0 Å². The molecule has 0 atom stereocenters. The van der Waals surface area contributed by atoms with E-state index in [2.05, 4.69) is 36.5 Å². The molecule has 3 N–H and O–H groups in total. The second kappa shape index (κ2) is 4.71. The molecule has 0 radical (unpaired) electrons. The van der Waals surface area contributed by atoms with Crippen molar-refractivity contribution < 1.29 is 0 Å². The molecule has 2 aromatic rings. The van der Waals surface area contributed by atoms with Crippen LogP contribution in [-0.2, 0) is 6.54 Å². The predicted octanol–water partition coefficient (Wildman–Crippen LogP) is 3.19. The first-order valence-electron chi connectivity index (χ1n) is 5.40. The van der Waals surface area contributed by atoms with Crippen LogP contribution in [0.1, 0.15) is 11.1 Å². The second-order valence-corrected chi connectivity index (χ2v) is 3.87. The quantitative estimate of drug-likeness (QED) is 0.767. The topological polar surface area (TPSA) is 38.0 Å². The fourth-order valence-corrected chi connectivity index (χ4v) is 1.66. The number of anilines is 2. The molecule has 0 heterocycles. The molecule has 0 unspecified atom stereocenters. The lowest BCUT2D eigenvalue weighted by molar-refractivity contribution is 1.12. The summed E-state index contributed by atoms with van der Waals surface area (Å²) in [5.41, 5.74) is 10.2. The summed E-state index contributed by atoms with van der Waals surface area (Å²) in [6, 6.07) is 16.2. The molecule has 0 aromatic heterocycles. The van der Waals surface area contributed by atoms with E-state index in [-0.39, 0.29) is 0 Å². The van der Waals surface area contributed by atoms with E-state index in [0.29, 0.717) is 0 Å². The average Bonchev–Trinajstić information content (AvgIpc) is 2.30. The van der Waals surface area contributed by atoms with Crippen molar-refractivity contribution in [1.29, 1.82) is 0 Å². The van der Waals surface area contributed by atoms with Crippen molar-refractivity contribution in [2.75, 3.05) is 11.1 Å². The van der Waals surface area contributed by atoms with E-state index in [1.54, 1.807) is 0 Å². The van der Waals surface area contributed by atoms with E-state index in [9.17, 15) is 0 Å². The summed E-state index contributed by atoms with van der Waals surface area (Å²) >= 11 is 0.